The van der Waals surface area contributed by atoms with Gasteiger partial charge in [-0.15, -0.1) is 0 Å². The molecule has 0 radical (unpaired) electrons. The number of hydrogen-bond acceptors (Lipinski definition) is 7. The van der Waals surface area contributed by atoms with Crippen LogP contribution in [-0.2, 0) is 4.79 Å². The van der Waals surface area contributed by atoms with Gasteiger partial charge < -0.3 is 24.8 Å². The van der Waals surface area contributed by atoms with Crippen molar-refractivity contribution in [1.29, 1.82) is 0 Å². The van der Waals surface area contributed by atoms with Crippen LogP contribution in [0.15, 0.2) is 73.1 Å². The lowest BCUT2D eigenvalue weighted by Crippen LogP contribution is -2.07. The van der Waals surface area contributed by atoms with Gasteiger partial charge >= 0.3 is 0 Å². The molecule has 0 saturated carbocycles. The summed E-state index contributed by atoms with van der Waals surface area (Å²) in [7, 11) is 4.76. The van der Waals surface area contributed by atoms with Crippen molar-refractivity contribution in [2.45, 2.75) is 0 Å². The van der Waals surface area contributed by atoms with Crippen molar-refractivity contribution in [2.24, 2.45) is 0 Å². The largest absolute Gasteiger partial charge is 0.497 e. The zero-order valence-electron chi connectivity index (χ0n) is 19.0. The molecule has 1 amide bonds. The Morgan fingerprint density at radius 1 is 0.853 bits per heavy atom. The number of fused-ring (bicyclic) bond motifs is 1. The lowest BCUT2D eigenvalue weighted by molar-refractivity contribution is -0.111. The molecule has 172 valence electrons. The van der Waals surface area contributed by atoms with Crippen molar-refractivity contribution in [1.82, 2.24) is 9.97 Å². The summed E-state index contributed by atoms with van der Waals surface area (Å²) in [6, 6.07) is 18.5. The first kappa shape index (κ1) is 22.6. The van der Waals surface area contributed by atoms with E-state index in [2.05, 4.69) is 20.6 Å². The highest BCUT2D eigenvalue weighted by Gasteiger charge is 2.11. The first-order valence-electron chi connectivity index (χ1n) is 10.5. The summed E-state index contributed by atoms with van der Waals surface area (Å²) in [4.78, 5) is 20.9. The van der Waals surface area contributed by atoms with Gasteiger partial charge in [0.05, 0.1) is 26.8 Å². The Bertz CT molecular complexity index is 1340. The normalized spacial score (nSPS) is 10.8. The smallest absolute Gasteiger partial charge is 0.248 e. The summed E-state index contributed by atoms with van der Waals surface area (Å²) >= 11 is 0. The average Bonchev–Trinajstić information content (AvgIpc) is 2.87. The highest BCUT2D eigenvalue weighted by molar-refractivity contribution is 6.02. The molecule has 0 unspecified atom stereocenters. The molecule has 4 rings (SSSR count). The SMILES string of the molecule is COc1cccc(NC(=O)/C=C/c2ccc(Nc3ncnc4cc(OC)c(OC)cc34)cc2)c1. The molecule has 3 aromatic carbocycles. The number of aromatic nitrogens is 2. The van der Waals surface area contributed by atoms with Crippen LogP contribution in [0.4, 0.5) is 17.2 Å². The number of nitrogens with zero attached hydrogens (tertiary/aromatic N) is 2. The van der Waals surface area contributed by atoms with Gasteiger partial charge in [-0.2, -0.15) is 0 Å². The lowest BCUT2D eigenvalue weighted by atomic mass is 10.1. The van der Waals surface area contributed by atoms with Crippen LogP contribution < -0.4 is 24.8 Å². The Hall–Kier alpha value is -4.59. The van der Waals surface area contributed by atoms with Crippen LogP contribution in [0.5, 0.6) is 17.2 Å². The van der Waals surface area contributed by atoms with Gasteiger partial charge in [-0.3, -0.25) is 4.79 Å². The second-order valence-electron chi connectivity index (χ2n) is 7.25. The molecule has 0 atom stereocenters. The third-order valence-electron chi connectivity index (χ3n) is 5.08. The average molecular weight is 457 g/mol. The summed E-state index contributed by atoms with van der Waals surface area (Å²) < 4.78 is 15.9. The predicted molar refractivity (Wildman–Crippen MR) is 133 cm³/mol. The maximum atomic E-state index is 12.2. The molecule has 0 bridgehead atoms. The molecule has 34 heavy (non-hydrogen) atoms. The van der Waals surface area contributed by atoms with Crippen molar-refractivity contribution in [3.8, 4) is 17.2 Å². The van der Waals surface area contributed by atoms with Gasteiger partial charge in [0.1, 0.15) is 17.9 Å². The summed E-state index contributed by atoms with van der Waals surface area (Å²) in [5.74, 6) is 2.30. The van der Waals surface area contributed by atoms with E-state index in [0.717, 1.165) is 22.2 Å². The maximum Gasteiger partial charge on any atom is 0.248 e. The van der Waals surface area contributed by atoms with Crippen LogP contribution in [0.1, 0.15) is 5.56 Å². The fourth-order valence-corrected chi connectivity index (χ4v) is 3.35. The van der Waals surface area contributed by atoms with E-state index >= 15 is 0 Å². The molecule has 0 aliphatic rings. The molecule has 0 saturated heterocycles. The van der Waals surface area contributed by atoms with E-state index in [9.17, 15) is 4.79 Å². The van der Waals surface area contributed by atoms with E-state index in [1.165, 1.54) is 12.4 Å². The first-order valence-corrected chi connectivity index (χ1v) is 10.5. The van der Waals surface area contributed by atoms with Crippen LogP contribution in [0.3, 0.4) is 0 Å². The van der Waals surface area contributed by atoms with Gasteiger partial charge in [0.2, 0.25) is 5.91 Å². The summed E-state index contributed by atoms with van der Waals surface area (Å²) in [5, 5.41) is 6.93. The Balaban J connectivity index is 1.45. The lowest BCUT2D eigenvalue weighted by Gasteiger charge is -2.12. The van der Waals surface area contributed by atoms with Crippen molar-refractivity contribution < 1.29 is 19.0 Å². The van der Waals surface area contributed by atoms with Crippen molar-refractivity contribution >= 4 is 40.1 Å². The van der Waals surface area contributed by atoms with Gasteiger partial charge in [-0.05, 0) is 42.0 Å². The number of hydrogen-bond donors (Lipinski definition) is 2. The van der Waals surface area contributed by atoms with E-state index in [1.54, 1.807) is 39.5 Å². The highest BCUT2D eigenvalue weighted by atomic mass is 16.5. The quantitative estimate of drug-likeness (QED) is 0.358. The molecule has 0 aliphatic heterocycles. The molecule has 1 aromatic heterocycles. The molecule has 8 nitrogen and oxygen atoms in total. The maximum absolute atomic E-state index is 12.2. The van der Waals surface area contributed by atoms with E-state index in [1.807, 2.05) is 48.5 Å². The monoisotopic (exact) mass is 456 g/mol. The molecule has 0 aliphatic carbocycles. The first-order chi connectivity index (χ1) is 16.6. The minimum Gasteiger partial charge on any atom is -0.497 e. The predicted octanol–water partition coefficient (Wildman–Crippen LogP) is 5.05. The number of ether oxygens (including phenoxy) is 3. The van der Waals surface area contributed by atoms with Crippen molar-refractivity contribution in [3.63, 3.8) is 0 Å². The van der Waals surface area contributed by atoms with E-state index in [4.69, 9.17) is 14.2 Å². The minimum atomic E-state index is -0.229. The molecule has 4 aromatic rings. The number of carbonyl (C=O) groups excluding carboxylic acids is 1. The number of methoxy groups -OCH3 is 3. The van der Waals surface area contributed by atoms with Crippen LogP contribution in [0.25, 0.3) is 17.0 Å². The summed E-state index contributed by atoms with van der Waals surface area (Å²) in [6.45, 7) is 0. The Kier molecular flexibility index (Phi) is 6.88. The highest BCUT2D eigenvalue weighted by Crippen LogP contribution is 2.34. The summed E-state index contributed by atoms with van der Waals surface area (Å²) in [5.41, 5.74) is 3.12. The standard InChI is InChI=1S/C26H24N4O4/c1-32-20-6-4-5-19(13-20)29-25(31)12-9-17-7-10-18(11-8-17)30-26-21-14-23(33-2)24(34-3)15-22(21)27-16-28-26/h4-16H,1-3H3,(H,29,31)(H,27,28,30)/b12-9+. The third-order valence-corrected chi connectivity index (χ3v) is 5.08. The van der Waals surface area contributed by atoms with E-state index in [-0.39, 0.29) is 5.91 Å². The Morgan fingerprint density at radius 3 is 2.35 bits per heavy atom. The van der Waals surface area contributed by atoms with Crippen LogP contribution in [0, 0.1) is 0 Å². The molecule has 2 N–H and O–H groups in total. The molecule has 0 fully saturated rings. The second kappa shape index (κ2) is 10.4. The topological polar surface area (TPSA) is 94.6 Å². The van der Waals surface area contributed by atoms with Gasteiger partial charge in [-0.1, -0.05) is 18.2 Å². The van der Waals surface area contributed by atoms with Crippen molar-refractivity contribution in [3.05, 3.63) is 78.6 Å². The third kappa shape index (κ3) is 5.24. The minimum absolute atomic E-state index is 0.229. The van der Waals surface area contributed by atoms with Gasteiger partial charge in [0, 0.05) is 35.0 Å². The van der Waals surface area contributed by atoms with Gasteiger partial charge in [0.25, 0.3) is 0 Å². The van der Waals surface area contributed by atoms with Crippen molar-refractivity contribution in [2.75, 3.05) is 32.0 Å². The number of anilines is 3. The molecule has 1 heterocycles. The number of rotatable bonds is 8. The van der Waals surface area contributed by atoms with Crippen LogP contribution >= 0.6 is 0 Å². The molecule has 8 heteroatoms. The molecule has 0 spiro atoms. The fraction of sp³-hybridized carbons (Fsp3) is 0.115. The van der Waals surface area contributed by atoms with Crippen LogP contribution in [-0.4, -0.2) is 37.2 Å². The summed E-state index contributed by atoms with van der Waals surface area (Å²) in [6.07, 6.45) is 4.73. The Labute approximate surface area is 197 Å². The number of amides is 1. The Morgan fingerprint density at radius 2 is 1.62 bits per heavy atom. The fourth-order valence-electron chi connectivity index (χ4n) is 3.35. The zero-order chi connectivity index (χ0) is 23.9. The second-order valence-corrected chi connectivity index (χ2v) is 7.25. The van der Waals surface area contributed by atoms with E-state index < -0.39 is 0 Å². The van der Waals surface area contributed by atoms with Gasteiger partial charge in [0.15, 0.2) is 11.5 Å². The number of nitrogens with one attached hydrogen (secondary N) is 2. The zero-order valence-corrected chi connectivity index (χ0v) is 19.0. The molecular formula is C26H24N4O4. The molecular weight excluding hydrogens is 432 g/mol. The van der Waals surface area contributed by atoms with E-state index in [0.29, 0.717) is 28.8 Å². The van der Waals surface area contributed by atoms with Crippen LogP contribution in [0.2, 0.25) is 0 Å². The van der Waals surface area contributed by atoms with Gasteiger partial charge in [-0.25, -0.2) is 9.97 Å². The number of benzene rings is 3. The number of carbonyl (C=O) groups is 1.